The molecule has 0 radical (unpaired) electrons. The average Bonchev–Trinajstić information content (AvgIpc) is 2.36. The van der Waals surface area contributed by atoms with Crippen LogP contribution in [0.5, 0.6) is 0 Å². The minimum Gasteiger partial charge on any atom is -0.480 e. The van der Waals surface area contributed by atoms with Crippen LogP contribution in [-0.4, -0.2) is 47.3 Å². The van der Waals surface area contributed by atoms with Crippen LogP contribution in [0.25, 0.3) is 0 Å². The van der Waals surface area contributed by atoms with E-state index in [-0.39, 0.29) is 0 Å². The molecule has 2 unspecified atom stereocenters. The molecule has 0 aliphatic carbocycles. The topological polar surface area (TPSA) is 179 Å². The number of carboxylic acids is 2. The molecule has 0 rings (SSSR count). The molecule has 0 aromatic rings. The van der Waals surface area contributed by atoms with Crippen molar-refractivity contribution in [3.05, 3.63) is 0 Å². The molecule has 0 aromatic heterocycles. The molecule has 0 aliphatic heterocycles. The van der Waals surface area contributed by atoms with Gasteiger partial charge in [-0.1, -0.05) is 6.42 Å². The van der Waals surface area contributed by atoms with E-state index in [9.17, 15) is 9.59 Å². The Morgan fingerprint density at radius 2 is 1.16 bits per heavy atom. The Hall–Kier alpha value is -1.22. The number of carbonyl (C=O) groups is 2. The summed E-state index contributed by atoms with van der Waals surface area (Å²) in [6, 6.07) is -1.46. The van der Waals surface area contributed by atoms with E-state index in [0.29, 0.717) is 32.4 Å². The molecule has 0 fully saturated rings. The molecule has 8 heteroatoms. The summed E-state index contributed by atoms with van der Waals surface area (Å²) in [7, 11) is 0. The van der Waals surface area contributed by atoms with E-state index >= 15 is 0 Å². The lowest BCUT2D eigenvalue weighted by atomic mass is 10.1. The second-order valence-electron chi connectivity index (χ2n) is 4.10. The van der Waals surface area contributed by atoms with Gasteiger partial charge in [0, 0.05) is 0 Å². The first kappa shape index (κ1) is 20.1. The quantitative estimate of drug-likeness (QED) is 0.280. The van der Waals surface area contributed by atoms with Crippen LogP contribution in [-0.2, 0) is 9.59 Å². The van der Waals surface area contributed by atoms with Crippen LogP contribution < -0.4 is 22.9 Å². The minimum absolute atomic E-state index is 0.464. The maximum absolute atomic E-state index is 10.1. The first-order valence-corrected chi connectivity index (χ1v) is 6.23. The highest BCUT2D eigenvalue weighted by Crippen LogP contribution is 1.97. The second-order valence-corrected chi connectivity index (χ2v) is 4.10. The summed E-state index contributed by atoms with van der Waals surface area (Å²) in [5.41, 5.74) is 20.7. The molecule has 114 valence electrons. The Balaban J connectivity index is 0. The number of aliphatic carboxylic acids is 2. The predicted octanol–water partition coefficient (Wildman–Crippen LogP) is -1.34. The monoisotopic (exact) mass is 278 g/mol. The van der Waals surface area contributed by atoms with Crippen molar-refractivity contribution in [1.82, 2.24) is 0 Å². The standard InChI is InChI=1S/C6H14N2O2.C5H12N2O2/c7-4-2-1-3-5(8)6(9)10;6-3-1-2-4(7)5(8)9/h5H,1-4,7-8H2,(H,9,10);4H,1-3,6-7H2,(H,8,9). The maximum Gasteiger partial charge on any atom is 0.320 e. The van der Waals surface area contributed by atoms with Crippen molar-refractivity contribution < 1.29 is 19.8 Å². The summed E-state index contributed by atoms with van der Waals surface area (Å²) >= 11 is 0. The van der Waals surface area contributed by atoms with Crippen molar-refractivity contribution in [2.45, 2.75) is 44.2 Å². The lowest BCUT2D eigenvalue weighted by Gasteiger charge is -2.03. The van der Waals surface area contributed by atoms with Crippen LogP contribution in [0.2, 0.25) is 0 Å². The molecular formula is C11H26N4O4. The summed E-state index contributed by atoms with van der Waals surface area (Å²) in [5, 5.41) is 16.6. The maximum atomic E-state index is 10.1. The fraction of sp³-hybridized carbons (Fsp3) is 0.818. The van der Waals surface area contributed by atoms with Crippen LogP contribution in [0.4, 0.5) is 0 Å². The predicted molar refractivity (Wildman–Crippen MR) is 72.4 cm³/mol. The third kappa shape index (κ3) is 14.7. The van der Waals surface area contributed by atoms with Crippen molar-refractivity contribution in [3.63, 3.8) is 0 Å². The van der Waals surface area contributed by atoms with Gasteiger partial charge in [0.25, 0.3) is 0 Å². The number of hydrogen-bond acceptors (Lipinski definition) is 6. The van der Waals surface area contributed by atoms with Gasteiger partial charge in [0.1, 0.15) is 12.1 Å². The smallest absolute Gasteiger partial charge is 0.320 e. The SMILES string of the molecule is NCCCC(N)C(=O)O.NCCCCC(N)C(=O)O. The van der Waals surface area contributed by atoms with Gasteiger partial charge in [0.15, 0.2) is 0 Å². The van der Waals surface area contributed by atoms with Crippen molar-refractivity contribution in [1.29, 1.82) is 0 Å². The molecular weight excluding hydrogens is 252 g/mol. The minimum atomic E-state index is -0.955. The normalized spacial score (nSPS) is 13.1. The van der Waals surface area contributed by atoms with E-state index in [0.717, 1.165) is 12.8 Å². The van der Waals surface area contributed by atoms with Gasteiger partial charge in [-0.2, -0.15) is 0 Å². The Kier molecular flexibility index (Phi) is 14.0. The number of unbranched alkanes of at least 4 members (excludes halogenated alkanes) is 1. The molecule has 0 spiro atoms. The van der Waals surface area contributed by atoms with Crippen LogP contribution in [0.15, 0.2) is 0 Å². The molecule has 0 saturated heterocycles. The molecule has 0 heterocycles. The lowest BCUT2D eigenvalue weighted by Crippen LogP contribution is -2.30. The zero-order valence-corrected chi connectivity index (χ0v) is 11.1. The zero-order valence-electron chi connectivity index (χ0n) is 11.1. The van der Waals surface area contributed by atoms with Gasteiger partial charge in [-0.15, -0.1) is 0 Å². The second kappa shape index (κ2) is 13.2. The van der Waals surface area contributed by atoms with E-state index in [1.165, 1.54) is 0 Å². The zero-order chi connectivity index (χ0) is 15.3. The third-order valence-electron chi connectivity index (χ3n) is 2.32. The van der Waals surface area contributed by atoms with E-state index in [1.54, 1.807) is 0 Å². The van der Waals surface area contributed by atoms with E-state index in [2.05, 4.69) is 0 Å². The molecule has 10 N–H and O–H groups in total. The number of nitrogens with two attached hydrogens (primary N) is 4. The molecule has 8 nitrogen and oxygen atoms in total. The number of rotatable bonds is 9. The van der Waals surface area contributed by atoms with Crippen LogP contribution in [0.1, 0.15) is 32.1 Å². The highest BCUT2D eigenvalue weighted by atomic mass is 16.4. The fourth-order valence-electron chi connectivity index (χ4n) is 1.09. The Morgan fingerprint density at radius 3 is 1.47 bits per heavy atom. The summed E-state index contributed by atoms with van der Waals surface area (Å²) in [5.74, 6) is -1.89. The molecule has 0 aliphatic rings. The van der Waals surface area contributed by atoms with E-state index in [4.69, 9.17) is 33.1 Å². The van der Waals surface area contributed by atoms with Gasteiger partial charge in [-0.05, 0) is 38.8 Å². The van der Waals surface area contributed by atoms with Crippen molar-refractivity contribution in [2.24, 2.45) is 22.9 Å². The number of carboxylic acid groups (broad SMARTS) is 2. The third-order valence-corrected chi connectivity index (χ3v) is 2.32. The fourth-order valence-corrected chi connectivity index (χ4v) is 1.09. The largest absolute Gasteiger partial charge is 0.480 e. The first-order valence-electron chi connectivity index (χ1n) is 6.23. The highest BCUT2D eigenvalue weighted by Gasteiger charge is 2.09. The van der Waals surface area contributed by atoms with Crippen molar-refractivity contribution >= 4 is 11.9 Å². The van der Waals surface area contributed by atoms with Gasteiger partial charge < -0.3 is 33.1 Å². The lowest BCUT2D eigenvalue weighted by molar-refractivity contribution is -0.139. The van der Waals surface area contributed by atoms with Gasteiger partial charge in [-0.3, -0.25) is 9.59 Å². The van der Waals surface area contributed by atoms with Gasteiger partial charge in [0.05, 0.1) is 0 Å². The first-order chi connectivity index (χ1) is 8.86. The number of hydrogen-bond donors (Lipinski definition) is 6. The van der Waals surface area contributed by atoms with E-state index in [1.807, 2.05) is 0 Å². The van der Waals surface area contributed by atoms with Gasteiger partial charge in [0.2, 0.25) is 0 Å². The van der Waals surface area contributed by atoms with Crippen molar-refractivity contribution in [3.8, 4) is 0 Å². The van der Waals surface area contributed by atoms with Crippen LogP contribution >= 0.6 is 0 Å². The molecule has 0 bridgehead atoms. The van der Waals surface area contributed by atoms with Crippen LogP contribution in [0, 0.1) is 0 Å². The van der Waals surface area contributed by atoms with Gasteiger partial charge >= 0.3 is 11.9 Å². The molecule has 2 atom stereocenters. The molecule has 0 amide bonds. The Bertz CT molecular complexity index is 251. The summed E-state index contributed by atoms with van der Waals surface area (Å²) < 4.78 is 0. The molecule has 19 heavy (non-hydrogen) atoms. The van der Waals surface area contributed by atoms with E-state index < -0.39 is 24.0 Å². The summed E-state index contributed by atoms with van der Waals surface area (Å²) in [4.78, 5) is 20.2. The van der Waals surface area contributed by atoms with Gasteiger partial charge in [-0.25, -0.2) is 0 Å². The van der Waals surface area contributed by atoms with Crippen molar-refractivity contribution in [2.75, 3.05) is 13.1 Å². The Labute approximate surface area is 113 Å². The highest BCUT2D eigenvalue weighted by molar-refractivity contribution is 5.73. The Morgan fingerprint density at radius 1 is 0.789 bits per heavy atom. The molecule has 0 aromatic carbocycles. The van der Waals surface area contributed by atoms with Crippen LogP contribution in [0.3, 0.4) is 0 Å². The average molecular weight is 278 g/mol. The summed E-state index contributed by atoms with van der Waals surface area (Å²) in [6.07, 6.45) is 3.30. The molecule has 0 saturated carbocycles. The summed E-state index contributed by atoms with van der Waals surface area (Å²) in [6.45, 7) is 1.10.